The Kier molecular flexibility index (Phi) is 5.94. The molecule has 1 amide bonds. The maximum atomic E-state index is 12.6. The minimum Gasteiger partial charge on any atom is -0.451 e. The minimum atomic E-state index is -0.591. The highest BCUT2D eigenvalue weighted by atomic mass is 35.5. The average Bonchev–Trinajstić information content (AvgIpc) is 3.22. The lowest BCUT2D eigenvalue weighted by Crippen LogP contribution is -2.55. The molecule has 0 bridgehead atoms. The Labute approximate surface area is 172 Å². The van der Waals surface area contributed by atoms with E-state index in [9.17, 15) is 9.59 Å². The van der Waals surface area contributed by atoms with E-state index in [1.165, 1.54) is 11.3 Å². The number of ether oxygens (including phenoxy) is 2. The van der Waals surface area contributed by atoms with Crippen molar-refractivity contribution in [3.63, 3.8) is 0 Å². The van der Waals surface area contributed by atoms with E-state index in [1.807, 2.05) is 17.0 Å². The third-order valence-corrected chi connectivity index (χ3v) is 6.29. The zero-order chi connectivity index (χ0) is 19.5. The number of thiazole rings is 1. The summed E-state index contributed by atoms with van der Waals surface area (Å²) in [5.74, 6) is -0.759. The van der Waals surface area contributed by atoms with Crippen LogP contribution in [0.3, 0.4) is 0 Å². The molecule has 1 saturated carbocycles. The average molecular weight is 421 g/mol. The van der Waals surface area contributed by atoms with Crippen LogP contribution < -0.4 is 0 Å². The van der Waals surface area contributed by atoms with Crippen LogP contribution in [0.2, 0.25) is 5.02 Å². The summed E-state index contributed by atoms with van der Waals surface area (Å²) in [6.07, 6.45) is 4.27. The molecule has 2 fully saturated rings. The van der Waals surface area contributed by atoms with Crippen molar-refractivity contribution in [3.05, 3.63) is 40.4 Å². The highest BCUT2D eigenvalue weighted by Gasteiger charge is 2.36. The van der Waals surface area contributed by atoms with Gasteiger partial charge in [-0.1, -0.05) is 36.6 Å². The van der Waals surface area contributed by atoms with Crippen LogP contribution in [0.15, 0.2) is 29.6 Å². The SMILES string of the molecule is O=C(OCC(=O)N1CCO[C@@H]2CCCC[C@H]21)c1csc(-c2cccc(Cl)c2)n1. The number of aromatic nitrogens is 1. The van der Waals surface area contributed by atoms with Gasteiger partial charge in [-0.3, -0.25) is 4.79 Å². The molecular formula is C20H21ClN2O4S. The van der Waals surface area contributed by atoms with Crippen LogP contribution in [0.25, 0.3) is 10.6 Å². The predicted octanol–water partition coefficient (Wildman–Crippen LogP) is 3.79. The van der Waals surface area contributed by atoms with E-state index < -0.39 is 5.97 Å². The Balaban J connectivity index is 1.36. The summed E-state index contributed by atoms with van der Waals surface area (Å²) in [6, 6.07) is 7.38. The van der Waals surface area contributed by atoms with Gasteiger partial charge in [0.05, 0.1) is 18.8 Å². The van der Waals surface area contributed by atoms with Crippen LogP contribution in [0.1, 0.15) is 36.2 Å². The summed E-state index contributed by atoms with van der Waals surface area (Å²) in [7, 11) is 0. The van der Waals surface area contributed by atoms with Crippen molar-refractivity contribution >= 4 is 34.8 Å². The van der Waals surface area contributed by atoms with Crippen molar-refractivity contribution < 1.29 is 19.1 Å². The smallest absolute Gasteiger partial charge is 0.358 e. The number of hydrogen-bond donors (Lipinski definition) is 0. The molecule has 2 atom stereocenters. The lowest BCUT2D eigenvalue weighted by molar-refractivity contribution is -0.152. The van der Waals surface area contributed by atoms with E-state index >= 15 is 0 Å². The number of halogens is 1. The number of nitrogens with zero attached hydrogens (tertiary/aromatic N) is 2. The van der Waals surface area contributed by atoms with Crippen LogP contribution >= 0.6 is 22.9 Å². The highest BCUT2D eigenvalue weighted by molar-refractivity contribution is 7.13. The molecule has 1 saturated heterocycles. The normalized spacial score (nSPS) is 21.8. The maximum Gasteiger partial charge on any atom is 0.358 e. The molecule has 0 unspecified atom stereocenters. The first-order valence-corrected chi connectivity index (χ1v) is 10.7. The van der Waals surface area contributed by atoms with E-state index in [0.29, 0.717) is 23.2 Å². The van der Waals surface area contributed by atoms with E-state index in [2.05, 4.69) is 4.98 Å². The number of carbonyl (C=O) groups is 2. The van der Waals surface area contributed by atoms with Gasteiger partial charge in [0.15, 0.2) is 12.3 Å². The fraction of sp³-hybridized carbons (Fsp3) is 0.450. The third-order valence-electron chi connectivity index (χ3n) is 5.16. The number of esters is 1. The summed E-state index contributed by atoms with van der Waals surface area (Å²) >= 11 is 7.34. The van der Waals surface area contributed by atoms with Gasteiger partial charge in [-0.25, -0.2) is 9.78 Å². The number of hydrogen-bond acceptors (Lipinski definition) is 6. The summed E-state index contributed by atoms with van der Waals surface area (Å²) < 4.78 is 11.0. The quantitative estimate of drug-likeness (QED) is 0.704. The first-order valence-electron chi connectivity index (χ1n) is 9.41. The number of morpholine rings is 1. The monoisotopic (exact) mass is 420 g/mol. The molecule has 4 rings (SSSR count). The Morgan fingerprint density at radius 1 is 1.32 bits per heavy atom. The molecule has 8 heteroatoms. The van der Waals surface area contributed by atoms with Gasteiger partial charge in [-0.15, -0.1) is 11.3 Å². The zero-order valence-electron chi connectivity index (χ0n) is 15.3. The fourth-order valence-corrected chi connectivity index (χ4v) is 4.79. The van der Waals surface area contributed by atoms with Gasteiger partial charge in [0, 0.05) is 22.5 Å². The molecule has 2 heterocycles. The summed E-state index contributed by atoms with van der Waals surface area (Å²) in [5, 5.41) is 2.92. The van der Waals surface area contributed by atoms with Gasteiger partial charge < -0.3 is 14.4 Å². The maximum absolute atomic E-state index is 12.6. The Morgan fingerprint density at radius 3 is 3.04 bits per heavy atom. The number of benzene rings is 1. The molecule has 2 aliphatic rings. The molecule has 0 N–H and O–H groups in total. The third kappa shape index (κ3) is 4.21. The molecule has 1 aliphatic carbocycles. The number of carbonyl (C=O) groups excluding carboxylic acids is 2. The lowest BCUT2D eigenvalue weighted by Gasteiger charge is -2.43. The topological polar surface area (TPSA) is 68.7 Å². The highest BCUT2D eigenvalue weighted by Crippen LogP contribution is 2.29. The van der Waals surface area contributed by atoms with Gasteiger partial charge in [0.25, 0.3) is 5.91 Å². The molecule has 0 radical (unpaired) electrons. The van der Waals surface area contributed by atoms with E-state index in [-0.39, 0.29) is 30.4 Å². The van der Waals surface area contributed by atoms with Crippen LogP contribution in [0.5, 0.6) is 0 Å². The van der Waals surface area contributed by atoms with Gasteiger partial charge >= 0.3 is 5.97 Å². The second kappa shape index (κ2) is 8.59. The summed E-state index contributed by atoms with van der Waals surface area (Å²) in [6.45, 7) is 0.815. The molecule has 148 valence electrons. The Bertz CT molecular complexity index is 869. The largest absolute Gasteiger partial charge is 0.451 e. The first-order chi connectivity index (χ1) is 13.6. The van der Waals surface area contributed by atoms with Gasteiger partial charge in [-0.05, 0) is 25.0 Å². The van der Waals surface area contributed by atoms with Gasteiger partial charge in [0.2, 0.25) is 0 Å². The standard InChI is InChI=1S/C20H21ClN2O4S/c21-14-5-3-4-13(10-14)19-22-15(12-28-19)20(25)27-11-18(24)23-8-9-26-17-7-2-1-6-16(17)23/h3-5,10,12,16-17H,1-2,6-9,11H2/t16-,17-/m1/s1. The minimum absolute atomic E-state index is 0.0995. The van der Waals surface area contributed by atoms with Gasteiger partial charge in [-0.2, -0.15) is 0 Å². The van der Waals surface area contributed by atoms with Crippen molar-refractivity contribution in [2.24, 2.45) is 0 Å². The van der Waals surface area contributed by atoms with Crippen molar-refractivity contribution in [1.29, 1.82) is 0 Å². The molecule has 0 spiro atoms. The van der Waals surface area contributed by atoms with Crippen molar-refractivity contribution in [2.75, 3.05) is 19.8 Å². The van der Waals surface area contributed by atoms with Crippen molar-refractivity contribution in [1.82, 2.24) is 9.88 Å². The van der Waals surface area contributed by atoms with Crippen LogP contribution in [-0.2, 0) is 14.3 Å². The number of fused-ring (bicyclic) bond motifs is 1. The molecular weight excluding hydrogens is 400 g/mol. The van der Waals surface area contributed by atoms with Crippen LogP contribution in [-0.4, -0.2) is 53.7 Å². The zero-order valence-corrected chi connectivity index (χ0v) is 16.9. The van der Waals surface area contributed by atoms with E-state index in [1.54, 1.807) is 17.5 Å². The molecule has 1 aromatic heterocycles. The van der Waals surface area contributed by atoms with Crippen molar-refractivity contribution in [2.45, 2.75) is 37.8 Å². The first kappa shape index (κ1) is 19.4. The van der Waals surface area contributed by atoms with Gasteiger partial charge in [0.1, 0.15) is 5.01 Å². The fourth-order valence-electron chi connectivity index (χ4n) is 3.81. The number of rotatable bonds is 4. The van der Waals surface area contributed by atoms with Crippen molar-refractivity contribution in [3.8, 4) is 10.6 Å². The summed E-state index contributed by atoms with van der Waals surface area (Å²) in [5.41, 5.74) is 1.04. The Hall–Kier alpha value is -1.96. The molecule has 28 heavy (non-hydrogen) atoms. The second-order valence-electron chi connectivity index (χ2n) is 6.97. The van der Waals surface area contributed by atoms with E-state index in [4.69, 9.17) is 21.1 Å². The Morgan fingerprint density at radius 2 is 2.18 bits per heavy atom. The molecule has 6 nitrogen and oxygen atoms in total. The van der Waals surface area contributed by atoms with Crippen LogP contribution in [0, 0.1) is 0 Å². The lowest BCUT2D eigenvalue weighted by atomic mass is 9.90. The predicted molar refractivity (Wildman–Crippen MR) is 107 cm³/mol. The summed E-state index contributed by atoms with van der Waals surface area (Å²) in [4.78, 5) is 31.1. The molecule has 2 aromatic rings. The molecule has 1 aromatic carbocycles. The van der Waals surface area contributed by atoms with Crippen LogP contribution in [0.4, 0.5) is 0 Å². The van der Waals surface area contributed by atoms with E-state index in [0.717, 1.165) is 31.2 Å². The second-order valence-corrected chi connectivity index (χ2v) is 8.27. The molecule has 1 aliphatic heterocycles. The number of amides is 1.